The third-order valence-electron chi connectivity index (χ3n) is 4.67. The number of furan rings is 1. The van der Waals surface area contributed by atoms with Crippen molar-refractivity contribution in [3.63, 3.8) is 0 Å². The number of rotatable bonds is 4. The Balaban J connectivity index is 1.81. The van der Waals surface area contributed by atoms with Crippen LogP contribution in [-0.2, 0) is 9.59 Å². The molecule has 1 saturated heterocycles. The van der Waals surface area contributed by atoms with Crippen LogP contribution in [0.15, 0.2) is 82.8 Å². The molecular weight excluding hydrogens is 384 g/mol. The summed E-state index contributed by atoms with van der Waals surface area (Å²) in [5.41, 5.74) is 1.75. The maximum Gasteiger partial charge on any atom is 0.266 e. The molecular formula is C23H18N2O3S. The standard InChI is InChI=1S/C23H18N2O3S/c1-15-12-13-18(28-15)14-19-21(26)24-23(29)25(22(19)27)20(16-8-4-2-5-9-16)17-10-6-3-7-11-17/h2-14,20H,1H3,(H,24,26,29)/b19-14+. The lowest BCUT2D eigenvalue weighted by Crippen LogP contribution is -2.55. The zero-order valence-electron chi connectivity index (χ0n) is 15.7. The lowest BCUT2D eigenvalue weighted by atomic mass is 9.95. The number of nitrogens with zero attached hydrogens (tertiary/aromatic N) is 1. The molecule has 0 aliphatic carbocycles. The van der Waals surface area contributed by atoms with Crippen molar-refractivity contribution in [1.29, 1.82) is 0 Å². The van der Waals surface area contributed by atoms with Gasteiger partial charge in [-0.2, -0.15) is 0 Å². The van der Waals surface area contributed by atoms with Crippen LogP contribution in [0.2, 0.25) is 0 Å². The van der Waals surface area contributed by atoms with Crippen LogP contribution in [0.5, 0.6) is 0 Å². The zero-order valence-corrected chi connectivity index (χ0v) is 16.5. The fourth-order valence-electron chi connectivity index (χ4n) is 3.34. The molecule has 1 aliphatic rings. The summed E-state index contributed by atoms with van der Waals surface area (Å²) in [6.45, 7) is 1.80. The first kappa shape index (κ1) is 18.8. The lowest BCUT2D eigenvalue weighted by molar-refractivity contribution is -0.129. The normalized spacial score (nSPS) is 15.9. The Bertz CT molecular complexity index is 1060. The summed E-state index contributed by atoms with van der Waals surface area (Å²) >= 11 is 5.40. The summed E-state index contributed by atoms with van der Waals surface area (Å²) in [6, 6.07) is 22.2. The second-order valence-corrected chi connectivity index (χ2v) is 7.05. The molecule has 1 N–H and O–H groups in total. The van der Waals surface area contributed by atoms with Crippen LogP contribution in [0.1, 0.15) is 28.7 Å². The van der Waals surface area contributed by atoms with Gasteiger partial charge in [-0.3, -0.25) is 19.8 Å². The number of nitrogens with one attached hydrogen (secondary N) is 1. The van der Waals surface area contributed by atoms with Crippen LogP contribution in [-0.4, -0.2) is 21.8 Å². The van der Waals surface area contributed by atoms with Crippen molar-refractivity contribution in [3.8, 4) is 0 Å². The van der Waals surface area contributed by atoms with Crippen LogP contribution in [0.25, 0.3) is 6.08 Å². The minimum Gasteiger partial charge on any atom is -0.462 e. The highest BCUT2D eigenvalue weighted by molar-refractivity contribution is 7.80. The molecule has 2 amide bonds. The van der Waals surface area contributed by atoms with Gasteiger partial charge in [0.05, 0.1) is 6.04 Å². The van der Waals surface area contributed by atoms with Crippen LogP contribution in [0.3, 0.4) is 0 Å². The number of carbonyl (C=O) groups is 2. The molecule has 1 aromatic heterocycles. The second kappa shape index (κ2) is 7.85. The number of benzene rings is 2. The molecule has 0 atom stereocenters. The second-order valence-electron chi connectivity index (χ2n) is 6.66. The van der Waals surface area contributed by atoms with Crippen molar-refractivity contribution in [2.24, 2.45) is 0 Å². The quantitative estimate of drug-likeness (QED) is 0.407. The van der Waals surface area contributed by atoms with Crippen molar-refractivity contribution in [1.82, 2.24) is 10.2 Å². The minimum absolute atomic E-state index is 0.0233. The van der Waals surface area contributed by atoms with Crippen molar-refractivity contribution in [2.45, 2.75) is 13.0 Å². The Kier molecular flexibility index (Phi) is 5.10. The van der Waals surface area contributed by atoms with Crippen molar-refractivity contribution in [3.05, 3.63) is 101 Å². The highest BCUT2D eigenvalue weighted by Gasteiger charge is 2.39. The number of thiocarbonyl (C=S) groups is 1. The summed E-state index contributed by atoms with van der Waals surface area (Å²) in [4.78, 5) is 27.4. The third-order valence-corrected chi connectivity index (χ3v) is 4.97. The van der Waals surface area contributed by atoms with E-state index in [9.17, 15) is 9.59 Å². The van der Waals surface area contributed by atoms with E-state index < -0.39 is 17.9 Å². The smallest absolute Gasteiger partial charge is 0.266 e. The van der Waals surface area contributed by atoms with Crippen molar-refractivity contribution < 1.29 is 14.0 Å². The van der Waals surface area contributed by atoms with Gasteiger partial charge in [0.15, 0.2) is 5.11 Å². The number of amides is 2. The van der Waals surface area contributed by atoms with Gasteiger partial charge in [0.2, 0.25) is 0 Å². The molecule has 0 spiro atoms. The predicted octanol–water partition coefficient (Wildman–Crippen LogP) is 4.00. The molecule has 0 saturated carbocycles. The molecule has 0 bridgehead atoms. The number of carbonyl (C=O) groups excluding carboxylic acids is 2. The van der Waals surface area contributed by atoms with Gasteiger partial charge < -0.3 is 4.42 Å². The fraction of sp³-hybridized carbons (Fsp3) is 0.0870. The van der Waals surface area contributed by atoms with Crippen LogP contribution >= 0.6 is 12.2 Å². The molecule has 4 rings (SSSR count). The molecule has 1 aliphatic heterocycles. The van der Waals surface area contributed by atoms with E-state index in [1.807, 2.05) is 60.7 Å². The summed E-state index contributed by atoms with van der Waals surface area (Å²) < 4.78 is 5.51. The van der Waals surface area contributed by atoms with Crippen LogP contribution < -0.4 is 5.32 Å². The molecule has 29 heavy (non-hydrogen) atoms. The highest BCUT2D eigenvalue weighted by Crippen LogP contribution is 2.32. The number of hydrogen-bond donors (Lipinski definition) is 1. The maximum absolute atomic E-state index is 13.4. The van der Waals surface area contributed by atoms with Gasteiger partial charge in [0.25, 0.3) is 11.8 Å². The summed E-state index contributed by atoms with van der Waals surface area (Å²) in [7, 11) is 0. The van der Waals surface area contributed by atoms with E-state index in [2.05, 4.69) is 5.32 Å². The summed E-state index contributed by atoms with van der Waals surface area (Å²) in [6.07, 6.45) is 1.45. The van der Waals surface area contributed by atoms with Crippen molar-refractivity contribution in [2.75, 3.05) is 0 Å². The molecule has 2 heterocycles. The Morgan fingerprint density at radius 2 is 1.52 bits per heavy atom. The van der Waals surface area contributed by atoms with Gasteiger partial charge in [-0.15, -0.1) is 0 Å². The van der Waals surface area contributed by atoms with E-state index in [0.29, 0.717) is 11.5 Å². The van der Waals surface area contributed by atoms with E-state index in [1.165, 1.54) is 11.0 Å². The van der Waals surface area contributed by atoms with Gasteiger partial charge in [0, 0.05) is 0 Å². The average molecular weight is 402 g/mol. The van der Waals surface area contributed by atoms with Gasteiger partial charge in [-0.25, -0.2) is 0 Å². The molecule has 1 fully saturated rings. The Labute approximate surface area is 173 Å². The maximum atomic E-state index is 13.4. The molecule has 0 radical (unpaired) electrons. The van der Waals surface area contributed by atoms with Gasteiger partial charge in [0.1, 0.15) is 17.1 Å². The number of aryl methyl sites for hydroxylation is 1. The molecule has 6 heteroatoms. The highest BCUT2D eigenvalue weighted by atomic mass is 32.1. The fourth-order valence-corrected chi connectivity index (χ4v) is 3.62. The largest absolute Gasteiger partial charge is 0.462 e. The molecule has 0 unspecified atom stereocenters. The van der Waals surface area contributed by atoms with E-state index in [0.717, 1.165) is 11.1 Å². The Morgan fingerprint density at radius 3 is 2.03 bits per heavy atom. The predicted molar refractivity (Wildman–Crippen MR) is 114 cm³/mol. The van der Waals surface area contributed by atoms with Crippen LogP contribution in [0, 0.1) is 6.92 Å². The first-order chi connectivity index (χ1) is 14.0. The summed E-state index contributed by atoms with van der Waals surface area (Å²) in [5.74, 6) is 0.125. The molecule has 5 nitrogen and oxygen atoms in total. The lowest BCUT2D eigenvalue weighted by Gasteiger charge is -2.36. The van der Waals surface area contributed by atoms with Crippen LogP contribution in [0.4, 0.5) is 0 Å². The molecule has 144 valence electrons. The first-order valence-corrected chi connectivity index (χ1v) is 9.52. The average Bonchev–Trinajstić information content (AvgIpc) is 3.14. The van der Waals surface area contributed by atoms with Gasteiger partial charge in [-0.05, 0) is 48.5 Å². The number of hydrogen-bond acceptors (Lipinski definition) is 4. The molecule has 3 aromatic rings. The monoisotopic (exact) mass is 402 g/mol. The van der Waals surface area contributed by atoms with E-state index in [1.54, 1.807) is 19.1 Å². The Morgan fingerprint density at radius 1 is 0.931 bits per heavy atom. The minimum atomic E-state index is -0.537. The SMILES string of the molecule is Cc1ccc(/C=C2\C(=O)NC(=S)N(C(c3ccccc3)c3ccccc3)C2=O)o1. The van der Waals surface area contributed by atoms with Crippen molar-refractivity contribution >= 4 is 35.2 Å². The summed E-state index contributed by atoms with van der Waals surface area (Å²) in [5, 5.41) is 2.72. The van der Waals surface area contributed by atoms with E-state index >= 15 is 0 Å². The van der Waals surface area contributed by atoms with Gasteiger partial charge in [-0.1, -0.05) is 60.7 Å². The first-order valence-electron chi connectivity index (χ1n) is 9.11. The Hall–Kier alpha value is -3.51. The third kappa shape index (κ3) is 3.75. The van der Waals surface area contributed by atoms with Gasteiger partial charge >= 0.3 is 0 Å². The molecule has 2 aromatic carbocycles. The zero-order chi connectivity index (χ0) is 20.4. The van der Waals surface area contributed by atoms with E-state index in [4.69, 9.17) is 16.6 Å². The topological polar surface area (TPSA) is 62.6 Å². The van der Waals surface area contributed by atoms with E-state index in [-0.39, 0.29) is 10.7 Å².